The Morgan fingerprint density at radius 2 is 2.11 bits per heavy atom. The van der Waals surface area contributed by atoms with E-state index in [2.05, 4.69) is 15.6 Å². The van der Waals surface area contributed by atoms with Crippen molar-refractivity contribution < 1.29 is 29.0 Å². The van der Waals surface area contributed by atoms with Crippen molar-refractivity contribution in [2.24, 2.45) is 11.7 Å². The second kappa shape index (κ2) is 7.78. The lowest BCUT2D eigenvalue weighted by molar-refractivity contribution is -0.149. The summed E-state index contributed by atoms with van der Waals surface area (Å²) in [5.41, 5.74) is 5.31. The van der Waals surface area contributed by atoms with Crippen LogP contribution in [0, 0.1) is 5.92 Å². The number of hydrogen-bond donors (Lipinski definition) is 4. The molecule has 146 valence electrons. The highest BCUT2D eigenvalue weighted by atomic mass is 16.5. The molecule has 2 heterocycles. The van der Waals surface area contributed by atoms with Crippen LogP contribution in [0.2, 0.25) is 0 Å². The molecule has 1 atom stereocenters. The predicted octanol–water partition coefficient (Wildman–Crippen LogP) is -0.172. The molecular weight excluding hydrogens is 370 g/mol. The average Bonchev–Trinajstić information content (AvgIpc) is 3.05. The quantitative estimate of drug-likeness (QED) is 0.394. The largest absolute Gasteiger partial charge is 0.506 e. The molecule has 0 saturated heterocycles. The average molecular weight is 387 g/mol. The second-order valence-corrected chi connectivity index (χ2v) is 6.07. The Bertz CT molecular complexity index is 953. The van der Waals surface area contributed by atoms with E-state index in [-0.39, 0.29) is 35.9 Å². The van der Waals surface area contributed by atoms with Crippen molar-refractivity contribution in [1.82, 2.24) is 9.55 Å². The highest BCUT2D eigenvalue weighted by Gasteiger charge is 2.31. The van der Waals surface area contributed by atoms with E-state index in [0.29, 0.717) is 0 Å². The van der Waals surface area contributed by atoms with Crippen molar-refractivity contribution >= 4 is 35.2 Å². The summed E-state index contributed by atoms with van der Waals surface area (Å²) in [5, 5.41) is 14.5. The maximum absolute atomic E-state index is 12.2. The maximum atomic E-state index is 12.2. The van der Waals surface area contributed by atoms with Gasteiger partial charge in [-0.3, -0.25) is 19.2 Å². The lowest BCUT2D eigenvalue weighted by Gasteiger charge is -2.23. The fourth-order valence-electron chi connectivity index (χ4n) is 2.70. The molecule has 11 heteroatoms. The summed E-state index contributed by atoms with van der Waals surface area (Å²) in [6, 6.07) is 6.11. The number of phenolic OH excluding ortho intramolecular Hbond substituents is 1. The fourth-order valence-corrected chi connectivity index (χ4v) is 2.70. The van der Waals surface area contributed by atoms with Gasteiger partial charge in [0.15, 0.2) is 12.3 Å². The first-order chi connectivity index (χ1) is 13.3. The molecule has 1 aromatic heterocycles. The molecule has 1 unspecified atom stereocenters. The molecule has 1 aromatic carbocycles. The standard InChI is InChI=1S/C17H17N5O6/c18-15(26)14-16-21-17(27)9(6-22(16)8-19-14)5-13(25)28-7-12(24)20-10-3-1-2-4-11(10)23/h1-4,8-9,23H,5-7H2,(H2,18,26)(H,20,24)(H,21,27). The molecule has 0 saturated carbocycles. The minimum Gasteiger partial charge on any atom is -0.506 e. The molecule has 11 nitrogen and oxygen atoms in total. The highest BCUT2D eigenvalue weighted by Crippen LogP contribution is 2.24. The van der Waals surface area contributed by atoms with Gasteiger partial charge in [0.2, 0.25) is 5.91 Å². The van der Waals surface area contributed by atoms with Gasteiger partial charge in [-0.15, -0.1) is 0 Å². The van der Waals surface area contributed by atoms with Gasteiger partial charge in [0.05, 0.1) is 24.4 Å². The van der Waals surface area contributed by atoms with E-state index in [1.807, 2.05) is 0 Å². The third kappa shape index (κ3) is 4.09. The summed E-state index contributed by atoms with van der Waals surface area (Å²) in [6.45, 7) is -0.454. The number of rotatable bonds is 6. The number of nitrogens with zero attached hydrogens (tertiary/aromatic N) is 2. The normalized spacial score (nSPS) is 15.3. The third-order valence-electron chi connectivity index (χ3n) is 4.06. The predicted molar refractivity (Wildman–Crippen MR) is 95.2 cm³/mol. The lowest BCUT2D eigenvalue weighted by atomic mass is 10.0. The number of imidazole rings is 1. The van der Waals surface area contributed by atoms with Crippen LogP contribution in [-0.4, -0.2) is 45.0 Å². The van der Waals surface area contributed by atoms with Crippen LogP contribution >= 0.6 is 0 Å². The van der Waals surface area contributed by atoms with Crippen molar-refractivity contribution in [1.29, 1.82) is 0 Å². The number of para-hydroxylation sites is 2. The summed E-state index contributed by atoms with van der Waals surface area (Å²) >= 11 is 0. The number of carbonyl (C=O) groups is 4. The lowest BCUT2D eigenvalue weighted by Crippen LogP contribution is -2.36. The zero-order valence-corrected chi connectivity index (χ0v) is 14.5. The molecule has 1 aliphatic heterocycles. The minimum absolute atomic E-state index is 0.0600. The van der Waals surface area contributed by atoms with Gasteiger partial charge in [0.1, 0.15) is 11.6 Å². The molecule has 3 amide bonds. The molecule has 28 heavy (non-hydrogen) atoms. The first-order valence-electron chi connectivity index (χ1n) is 8.24. The molecule has 2 aromatic rings. The van der Waals surface area contributed by atoms with Gasteiger partial charge in [-0.2, -0.15) is 0 Å². The topological polar surface area (TPSA) is 166 Å². The number of amides is 3. The van der Waals surface area contributed by atoms with E-state index in [9.17, 15) is 24.3 Å². The number of esters is 1. The van der Waals surface area contributed by atoms with Crippen molar-refractivity contribution in [2.45, 2.75) is 13.0 Å². The number of nitrogens with one attached hydrogen (secondary N) is 2. The van der Waals surface area contributed by atoms with E-state index in [0.717, 1.165) is 0 Å². The van der Waals surface area contributed by atoms with Gasteiger partial charge in [-0.25, -0.2) is 4.98 Å². The van der Waals surface area contributed by atoms with Crippen LogP contribution < -0.4 is 16.4 Å². The number of nitrogens with two attached hydrogens (primary N) is 1. The number of hydrogen-bond acceptors (Lipinski definition) is 7. The van der Waals surface area contributed by atoms with Crippen molar-refractivity contribution in [3.63, 3.8) is 0 Å². The molecule has 0 aliphatic carbocycles. The number of fused-ring (bicyclic) bond motifs is 1. The zero-order chi connectivity index (χ0) is 20.3. The smallest absolute Gasteiger partial charge is 0.307 e. The van der Waals surface area contributed by atoms with E-state index < -0.39 is 36.2 Å². The Kier molecular flexibility index (Phi) is 5.25. The number of benzene rings is 1. The van der Waals surface area contributed by atoms with Crippen LogP contribution in [0.25, 0.3) is 0 Å². The molecule has 0 radical (unpaired) electrons. The summed E-state index contributed by atoms with van der Waals surface area (Å²) in [7, 11) is 0. The van der Waals surface area contributed by atoms with Crippen LogP contribution in [0.15, 0.2) is 30.6 Å². The Morgan fingerprint density at radius 3 is 2.82 bits per heavy atom. The SMILES string of the molecule is NC(=O)c1ncn2c1NC(=O)C(CC(=O)OCC(=O)Nc1ccccc1O)C2. The summed E-state index contributed by atoms with van der Waals surface area (Å²) in [4.78, 5) is 51.1. The fraction of sp³-hybridized carbons (Fsp3) is 0.235. The van der Waals surface area contributed by atoms with Gasteiger partial charge in [-0.05, 0) is 12.1 Å². The highest BCUT2D eigenvalue weighted by molar-refractivity contribution is 6.03. The van der Waals surface area contributed by atoms with E-state index in [1.54, 1.807) is 12.1 Å². The molecule has 0 fully saturated rings. The molecule has 3 rings (SSSR count). The number of phenols is 1. The number of aromatic hydroxyl groups is 1. The van der Waals surface area contributed by atoms with Crippen molar-refractivity contribution in [2.75, 3.05) is 17.2 Å². The Morgan fingerprint density at radius 1 is 1.36 bits per heavy atom. The number of carbonyl (C=O) groups excluding carboxylic acids is 4. The molecule has 5 N–H and O–H groups in total. The zero-order valence-electron chi connectivity index (χ0n) is 14.5. The molecule has 1 aliphatic rings. The van der Waals surface area contributed by atoms with Gasteiger partial charge in [0, 0.05) is 6.54 Å². The first kappa shape index (κ1) is 18.9. The minimum atomic E-state index is -0.776. The number of ether oxygens (including phenoxy) is 1. The van der Waals surface area contributed by atoms with Gasteiger partial charge in [0.25, 0.3) is 11.8 Å². The second-order valence-electron chi connectivity index (χ2n) is 6.07. The molecular formula is C17H17N5O6. The van der Waals surface area contributed by atoms with Crippen LogP contribution in [0.1, 0.15) is 16.9 Å². The van der Waals surface area contributed by atoms with E-state index in [4.69, 9.17) is 10.5 Å². The van der Waals surface area contributed by atoms with Crippen molar-refractivity contribution in [3.05, 3.63) is 36.3 Å². The monoisotopic (exact) mass is 387 g/mol. The van der Waals surface area contributed by atoms with Crippen molar-refractivity contribution in [3.8, 4) is 5.75 Å². The third-order valence-corrected chi connectivity index (χ3v) is 4.06. The summed E-state index contributed by atoms with van der Waals surface area (Å²) < 4.78 is 6.39. The van der Waals surface area contributed by atoms with Crippen LogP contribution in [0.3, 0.4) is 0 Å². The summed E-state index contributed by atoms with van der Waals surface area (Å²) in [6.07, 6.45) is 1.08. The van der Waals surface area contributed by atoms with Gasteiger partial charge >= 0.3 is 5.97 Å². The van der Waals surface area contributed by atoms with Crippen LogP contribution in [0.4, 0.5) is 11.5 Å². The molecule has 0 spiro atoms. The molecule has 0 bridgehead atoms. The van der Waals surface area contributed by atoms with Gasteiger partial charge in [-0.1, -0.05) is 12.1 Å². The summed E-state index contributed by atoms with van der Waals surface area (Å²) in [5.74, 6) is -3.32. The Balaban J connectivity index is 1.52. The number of primary amides is 1. The van der Waals surface area contributed by atoms with Crippen LogP contribution in [0.5, 0.6) is 5.75 Å². The number of anilines is 2. The Labute approximate surface area is 158 Å². The number of aromatic nitrogens is 2. The first-order valence-corrected chi connectivity index (χ1v) is 8.24. The van der Waals surface area contributed by atoms with Gasteiger partial charge < -0.3 is 30.8 Å². The Hall–Kier alpha value is -3.89. The van der Waals surface area contributed by atoms with E-state index in [1.165, 1.54) is 23.0 Å². The maximum Gasteiger partial charge on any atom is 0.307 e. The van der Waals surface area contributed by atoms with E-state index >= 15 is 0 Å². The van der Waals surface area contributed by atoms with Crippen LogP contribution in [-0.2, 0) is 25.7 Å².